The van der Waals surface area contributed by atoms with Gasteiger partial charge in [-0.3, -0.25) is 0 Å². The molecule has 1 heterocycles. The van der Waals surface area contributed by atoms with E-state index < -0.39 is 5.97 Å². The van der Waals surface area contributed by atoms with Crippen molar-refractivity contribution in [1.29, 1.82) is 0 Å². The summed E-state index contributed by atoms with van der Waals surface area (Å²) in [6.45, 7) is 0. The van der Waals surface area contributed by atoms with E-state index in [1.54, 1.807) is 24.3 Å². The lowest BCUT2D eigenvalue weighted by atomic mass is 10.1. The quantitative estimate of drug-likeness (QED) is 0.567. The Labute approximate surface area is 126 Å². The van der Waals surface area contributed by atoms with Gasteiger partial charge in [0.1, 0.15) is 11.3 Å². The van der Waals surface area contributed by atoms with Gasteiger partial charge in [-0.05, 0) is 41.1 Å². The van der Waals surface area contributed by atoms with Gasteiger partial charge >= 0.3 is 5.97 Å². The Morgan fingerprint density at radius 3 is 2.18 bits per heavy atom. The summed E-state index contributed by atoms with van der Waals surface area (Å²) in [5.74, 6) is -0.190. The first-order valence-corrected chi connectivity index (χ1v) is 6.97. The summed E-state index contributed by atoms with van der Waals surface area (Å²) in [4.78, 5) is 10.9. The minimum Gasteiger partial charge on any atom is -0.478 e. The third kappa shape index (κ3) is 2.04. The van der Waals surface area contributed by atoms with E-state index in [0.29, 0.717) is 0 Å². The molecule has 4 rings (SSSR count). The number of carboxylic acids is 1. The zero-order valence-corrected chi connectivity index (χ0v) is 11.6. The van der Waals surface area contributed by atoms with E-state index in [1.165, 1.54) is 5.39 Å². The number of fused-ring (bicyclic) bond motifs is 2. The van der Waals surface area contributed by atoms with Gasteiger partial charge in [0.05, 0.1) is 5.56 Å². The van der Waals surface area contributed by atoms with E-state index in [0.717, 1.165) is 27.7 Å². The van der Waals surface area contributed by atoms with Gasteiger partial charge in [-0.15, -0.1) is 0 Å². The lowest BCUT2D eigenvalue weighted by molar-refractivity contribution is 0.0697. The average molecular weight is 288 g/mol. The second kappa shape index (κ2) is 4.74. The van der Waals surface area contributed by atoms with Crippen LogP contribution in [-0.4, -0.2) is 11.1 Å². The molecule has 0 aliphatic carbocycles. The first-order valence-electron chi connectivity index (χ1n) is 6.97. The highest BCUT2D eigenvalue weighted by Crippen LogP contribution is 2.31. The molecule has 3 heteroatoms. The van der Waals surface area contributed by atoms with Crippen LogP contribution in [0.2, 0.25) is 0 Å². The van der Waals surface area contributed by atoms with Gasteiger partial charge in [-0.25, -0.2) is 4.79 Å². The van der Waals surface area contributed by atoms with Crippen molar-refractivity contribution in [1.82, 2.24) is 0 Å². The van der Waals surface area contributed by atoms with Crippen LogP contribution in [0.15, 0.2) is 71.1 Å². The van der Waals surface area contributed by atoms with Gasteiger partial charge in [0.25, 0.3) is 0 Å². The number of carboxylic acid groups (broad SMARTS) is 1. The number of carbonyl (C=O) groups is 1. The molecule has 0 unspecified atom stereocenters. The predicted octanol–water partition coefficient (Wildman–Crippen LogP) is 4.95. The Morgan fingerprint density at radius 1 is 0.818 bits per heavy atom. The summed E-state index contributed by atoms with van der Waals surface area (Å²) < 4.78 is 5.92. The molecule has 3 nitrogen and oxygen atoms in total. The van der Waals surface area contributed by atoms with Crippen LogP contribution >= 0.6 is 0 Å². The Balaban J connectivity index is 1.84. The Kier molecular flexibility index (Phi) is 2.73. The van der Waals surface area contributed by atoms with Crippen molar-refractivity contribution < 1.29 is 14.3 Å². The number of furan rings is 1. The molecule has 0 bridgehead atoms. The maximum atomic E-state index is 10.9. The summed E-state index contributed by atoms with van der Waals surface area (Å²) in [5, 5.41) is 12.3. The fraction of sp³-hybridized carbons (Fsp3) is 0. The molecule has 1 aromatic heterocycles. The lowest BCUT2D eigenvalue weighted by Gasteiger charge is -1.98. The predicted molar refractivity (Wildman–Crippen MR) is 86.1 cm³/mol. The molecule has 0 saturated carbocycles. The largest absolute Gasteiger partial charge is 0.478 e. The second-order valence-electron chi connectivity index (χ2n) is 5.23. The van der Waals surface area contributed by atoms with Crippen LogP contribution in [0.4, 0.5) is 0 Å². The van der Waals surface area contributed by atoms with Crippen LogP contribution in [-0.2, 0) is 0 Å². The van der Waals surface area contributed by atoms with E-state index in [1.807, 2.05) is 24.3 Å². The van der Waals surface area contributed by atoms with Crippen LogP contribution in [0.3, 0.4) is 0 Å². The molecule has 0 amide bonds. The van der Waals surface area contributed by atoms with Gasteiger partial charge in [0.2, 0.25) is 0 Å². The summed E-state index contributed by atoms with van der Waals surface area (Å²) in [7, 11) is 0. The number of rotatable bonds is 2. The van der Waals surface area contributed by atoms with Crippen LogP contribution < -0.4 is 0 Å². The molecular weight excluding hydrogens is 276 g/mol. The topological polar surface area (TPSA) is 50.4 Å². The highest BCUT2D eigenvalue weighted by Gasteiger charge is 2.09. The zero-order chi connectivity index (χ0) is 15.1. The Bertz CT molecular complexity index is 942. The molecule has 0 fully saturated rings. The van der Waals surface area contributed by atoms with Gasteiger partial charge in [0.15, 0.2) is 0 Å². The van der Waals surface area contributed by atoms with E-state index in [4.69, 9.17) is 9.52 Å². The van der Waals surface area contributed by atoms with Crippen molar-refractivity contribution in [2.45, 2.75) is 0 Å². The molecule has 0 aliphatic rings. The van der Waals surface area contributed by atoms with Crippen molar-refractivity contribution in [3.63, 3.8) is 0 Å². The maximum Gasteiger partial charge on any atom is 0.335 e. The molecule has 0 saturated heterocycles. The van der Waals surface area contributed by atoms with Gasteiger partial charge < -0.3 is 9.52 Å². The fourth-order valence-corrected chi connectivity index (χ4v) is 2.65. The van der Waals surface area contributed by atoms with Crippen LogP contribution in [0.25, 0.3) is 33.1 Å². The molecule has 1 N–H and O–H groups in total. The van der Waals surface area contributed by atoms with E-state index >= 15 is 0 Å². The third-order valence-electron chi connectivity index (χ3n) is 3.80. The third-order valence-corrected chi connectivity index (χ3v) is 3.80. The van der Waals surface area contributed by atoms with E-state index in [2.05, 4.69) is 18.2 Å². The van der Waals surface area contributed by atoms with Crippen LogP contribution in [0.1, 0.15) is 10.4 Å². The number of hydrogen-bond acceptors (Lipinski definition) is 2. The van der Waals surface area contributed by atoms with Crippen LogP contribution in [0.5, 0.6) is 0 Å². The SMILES string of the molecule is O=C(O)c1ccc(-c2cc3cc4ccccc4cc3o2)cc1. The first kappa shape index (κ1) is 12.7. The Hall–Kier alpha value is -3.07. The van der Waals surface area contributed by atoms with Gasteiger partial charge in [-0.1, -0.05) is 36.4 Å². The van der Waals surface area contributed by atoms with Crippen LogP contribution in [0, 0.1) is 0 Å². The molecular formula is C19H12O3. The summed E-state index contributed by atoms with van der Waals surface area (Å²) in [5.41, 5.74) is 1.96. The highest BCUT2D eigenvalue weighted by atomic mass is 16.4. The normalized spacial score (nSPS) is 11.1. The summed E-state index contributed by atoms with van der Waals surface area (Å²) in [6.07, 6.45) is 0. The maximum absolute atomic E-state index is 10.9. The summed E-state index contributed by atoms with van der Waals surface area (Å²) in [6, 6.07) is 21.0. The molecule has 0 aliphatic heterocycles. The Morgan fingerprint density at radius 2 is 1.50 bits per heavy atom. The lowest BCUT2D eigenvalue weighted by Crippen LogP contribution is -1.94. The van der Waals surface area contributed by atoms with Crippen molar-refractivity contribution in [2.75, 3.05) is 0 Å². The monoisotopic (exact) mass is 288 g/mol. The smallest absolute Gasteiger partial charge is 0.335 e. The molecule has 0 radical (unpaired) electrons. The molecule has 4 aromatic rings. The molecule has 3 aromatic carbocycles. The minimum atomic E-state index is -0.928. The minimum absolute atomic E-state index is 0.269. The molecule has 0 spiro atoms. The second-order valence-corrected chi connectivity index (χ2v) is 5.23. The number of hydrogen-bond donors (Lipinski definition) is 1. The first-order chi connectivity index (χ1) is 10.7. The molecule has 0 atom stereocenters. The standard InChI is InChI=1S/C19H12O3/c20-19(21)13-7-5-12(6-8-13)17-11-16-9-14-3-1-2-4-15(14)10-18(16)22-17/h1-11H,(H,20,21). The number of benzene rings is 3. The summed E-state index contributed by atoms with van der Waals surface area (Å²) >= 11 is 0. The van der Waals surface area contributed by atoms with E-state index in [9.17, 15) is 4.79 Å². The molecule has 22 heavy (non-hydrogen) atoms. The average Bonchev–Trinajstić information content (AvgIpc) is 2.95. The van der Waals surface area contributed by atoms with E-state index in [-0.39, 0.29) is 5.56 Å². The zero-order valence-electron chi connectivity index (χ0n) is 11.6. The fourth-order valence-electron chi connectivity index (χ4n) is 2.65. The highest BCUT2D eigenvalue weighted by molar-refractivity contribution is 5.97. The van der Waals surface area contributed by atoms with Crippen molar-refractivity contribution in [3.8, 4) is 11.3 Å². The number of aromatic carboxylic acids is 1. The molecule has 106 valence electrons. The van der Waals surface area contributed by atoms with Gasteiger partial charge in [-0.2, -0.15) is 0 Å². The van der Waals surface area contributed by atoms with Crippen molar-refractivity contribution in [3.05, 3.63) is 72.3 Å². The van der Waals surface area contributed by atoms with Crippen molar-refractivity contribution in [2.24, 2.45) is 0 Å². The van der Waals surface area contributed by atoms with Gasteiger partial charge in [0, 0.05) is 10.9 Å². The van der Waals surface area contributed by atoms with Crippen molar-refractivity contribution >= 4 is 27.7 Å².